The molecule has 0 heterocycles. The number of hydrogen-bond donors (Lipinski definition) is 1. The molecule has 1 N–H and O–H groups in total. The summed E-state index contributed by atoms with van der Waals surface area (Å²) >= 11 is 0. The van der Waals surface area contributed by atoms with Crippen molar-refractivity contribution in [1.29, 1.82) is 0 Å². The average Bonchev–Trinajstić information content (AvgIpc) is 2.26. The van der Waals surface area contributed by atoms with Crippen LogP contribution in [0.2, 0.25) is 0 Å². The largest absolute Gasteiger partial charge is 0.380 e. The maximum absolute atomic E-state index is 5.37. The van der Waals surface area contributed by atoms with Crippen molar-refractivity contribution in [3.05, 3.63) is 0 Å². The van der Waals surface area contributed by atoms with Gasteiger partial charge in [-0.3, -0.25) is 0 Å². The van der Waals surface area contributed by atoms with Crippen molar-refractivity contribution >= 4 is 0 Å². The summed E-state index contributed by atoms with van der Waals surface area (Å²) in [5, 5.41) is 3.47. The van der Waals surface area contributed by atoms with Crippen LogP contribution in [0.1, 0.15) is 34.1 Å². The highest BCUT2D eigenvalue weighted by molar-refractivity contribution is 4.58. The van der Waals surface area contributed by atoms with Gasteiger partial charge in [0, 0.05) is 13.2 Å². The Balaban J connectivity index is 3.33. The van der Waals surface area contributed by atoms with Gasteiger partial charge in [0.2, 0.25) is 0 Å². The van der Waals surface area contributed by atoms with Crippen LogP contribution in [0.4, 0.5) is 0 Å². The van der Waals surface area contributed by atoms with Crippen LogP contribution in [0.25, 0.3) is 0 Å². The number of nitrogens with one attached hydrogen (secondary N) is 1. The molecule has 0 aliphatic rings. The molecule has 0 aromatic rings. The molecule has 0 bridgehead atoms. The summed E-state index contributed by atoms with van der Waals surface area (Å²) in [6, 6.07) is 0. The van der Waals surface area contributed by atoms with Crippen molar-refractivity contribution < 1.29 is 4.74 Å². The molecule has 0 aliphatic carbocycles. The van der Waals surface area contributed by atoms with E-state index in [9.17, 15) is 0 Å². The number of nitrogens with zero attached hydrogens (tertiary/aromatic N) is 1. The predicted molar refractivity (Wildman–Crippen MR) is 70.9 cm³/mol. The third-order valence-electron chi connectivity index (χ3n) is 2.58. The van der Waals surface area contributed by atoms with Crippen LogP contribution >= 0.6 is 0 Å². The van der Waals surface area contributed by atoms with Crippen LogP contribution in [0.5, 0.6) is 0 Å². The summed E-state index contributed by atoms with van der Waals surface area (Å²) < 4.78 is 5.37. The van der Waals surface area contributed by atoms with Gasteiger partial charge in [-0.1, -0.05) is 20.8 Å². The molecule has 0 amide bonds. The Bertz CT molecular complexity index is 140. The van der Waals surface area contributed by atoms with Crippen LogP contribution in [-0.2, 0) is 4.74 Å². The molecule has 0 saturated carbocycles. The Morgan fingerprint density at radius 3 is 2.50 bits per heavy atom. The van der Waals surface area contributed by atoms with E-state index in [2.05, 4.69) is 31.0 Å². The minimum absolute atomic E-state index is 0.750. The summed E-state index contributed by atoms with van der Waals surface area (Å²) in [6.45, 7) is 16.1. The maximum atomic E-state index is 5.37. The van der Waals surface area contributed by atoms with Gasteiger partial charge in [-0.2, -0.15) is 0 Å². The highest BCUT2D eigenvalue weighted by Crippen LogP contribution is 1.92. The van der Waals surface area contributed by atoms with Gasteiger partial charge in [-0.15, -0.1) is 0 Å². The first-order valence-corrected chi connectivity index (χ1v) is 6.71. The third-order valence-corrected chi connectivity index (χ3v) is 2.58. The van der Waals surface area contributed by atoms with E-state index >= 15 is 0 Å². The molecular weight excluding hydrogens is 200 g/mol. The van der Waals surface area contributed by atoms with E-state index in [-0.39, 0.29) is 0 Å². The minimum atomic E-state index is 0.750. The molecule has 0 atom stereocenters. The Morgan fingerprint density at radius 2 is 1.94 bits per heavy atom. The SMILES string of the molecule is CCOCCN(CC)CCCNCC(C)C. The van der Waals surface area contributed by atoms with Gasteiger partial charge in [0.1, 0.15) is 0 Å². The van der Waals surface area contributed by atoms with E-state index in [0.717, 1.165) is 45.3 Å². The molecule has 3 heteroatoms. The van der Waals surface area contributed by atoms with E-state index < -0.39 is 0 Å². The Morgan fingerprint density at radius 1 is 1.19 bits per heavy atom. The second-order valence-electron chi connectivity index (χ2n) is 4.58. The lowest BCUT2D eigenvalue weighted by atomic mass is 10.2. The van der Waals surface area contributed by atoms with Crippen LogP contribution in [-0.4, -0.2) is 50.8 Å². The summed E-state index contributed by atoms with van der Waals surface area (Å²) in [6.07, 6.45) is 1.23. The van der Waals surface area contributed by atoms with Gasteiger partial charge in [0.05, 0.1) is 6.61 Å². The third kappa shape index (κ3) is 10.4. The Hall–Kier alpha value is -0.120. The van der Waals surface area contributed by atoms with E-state index in [1.807, 2.05) is 6.92 Å². The molecule has 0 rings (SSSR count). The molecule has 16 heavy (non-hydrogen) atoms. The van der Waals surface area contributed by atoms with Gasteiger partial charge < -0.3 is 15.0 Å². The second-order valence-corrected chi connectivity index (χ2v) is 4.58. The van der Waals surface area contributed by atoms with Gasteiger partial charge in [0.25, 0.3) is 0 Å². The minimum Gasteiger partial charge on any atom is -0.380 e. The van der Waals surface area contributed by atoms with Crippen LogP contribution in [0.15, 0.2) is 0 Å². The quantitative estimate of drug-likeness (QED) is 0.549. The molecule has 0 spiro atoms. The molecule has 3 nitrogen and oxygen atoms in total. The molecule has 0 radical (unpaired) electrons. The van der Waals surface area contributed by atoms with Gasteiger partial charge >= 0.3 is 0 Å². The highest BCUT2D eigenvalue weighted by Gasteiger charge is 2.01. The standard InChI is InChI=1S/C13H30N2O/c1-5-15(10-11-16-6-2)9-7-8-14-12-13(3)4/h13-14H,5-12H2,1-4H3. The van der Waals surface area contributed by atoms with Crippen molar-refractivity contribution in [3.8, 4) is 0 Å². The zero-order valence-corrected chi connectivity index (χ0v) is 11.6. The van der Waals surface area contributed by atoms with Crippen LogP contribution in [0.3, 0.4) is 0 Å². The topological polar surface area (TPSA) is 24.5 Å². The molecule has 0 aromatic heterocycles. The molecule has 0 saturated heterocycles. The first-order valence-electron chi connectivity index (χ1n) is 6.71. The molecule has 0 fully saturated rings. The van der Waals surface area contributed by atoms with Gasteiger partial charge in [-0.05, 0) is 45.4 Å². The predicted octanol–water partition coefficient (Wildman–Crippen LogP) is 1.98. The van der Waals surface area contributed by atoms with E-state index in [1.54, 1.807) is 0 Å². The van der Waals surface area contributed by atoms with E-state index in [0.29, 0.717) is 0 Å². The summed E-state index contributed by atoms with van der Waals surface area (Å²) in [4.78, 5) is 2.45. The monoisotopic (exact) mass is 230 g/mol. The molecule has 98 valence electrons. The number of hydrogen-bond acceptors (Lipinski definition) is 3. The fourth-order valence-electron chi connectivity index (χ4n) is 1.58. The second kappa shape index (κ2) is 11.4. The fraction of sp³-hybridized carbons (Fsp3) is 1.00. The molecule has 0 unspecified atom stereocenters. The summed E-state index contributed by atoms with van der Waals surface area (Å²) in [7, 11) is 0. The number of ether oxygens (including phenoxy) is 1. The van der Waals surface area contributed by atoms with Crippen molar-refractivity contribution in [1.82, 2.24) is 10.2 Å². The van der Waals surface area contributed by atoms with Crippen molar-refractivity contribution in [2.75, 3.05) is 45.9 Å². The Labute approximate surface area is 102 Å². The van der Waals surface area contributed by atoms with E-state index in [1.165, 1.54) is 13.0 Å². The number of rotatable bonds is 11. The zero-order chi connectivity index (χ0) is 12.2. The van der Waals surface area contributed by atoms with Crippen LogP contribution in [0, 0.1) is 5.92 Å². The zero-order valence-electron chi connectivity index (χ0n) is 11.6. The first kappa shape index (κ1) is 15.9. The average molecular weight is 230 g/mol. The lowest BCUT2D eigenvalue weighted by Crippen LogP contribution is -2.31. The lowest BCUT2D eigenvalue weighted by Gasteiger charge is -2.20. The normalized spacial score (nSPS) is 11.6. The number of likely N-dealkylation sites (N-methyl/N-ethyl adjacent to an activating group) is 1. The van der Waals surface area contributed by atoms with E-state index in [4.69, 9.17) is 4.74 Å². The summed E-state index contributed by atoms with van der Waals surface area (Å²) in [5.41, 5.74) is 0. The van der Waals surface area contributed by atoms with Crippen molar-refractivity contribution in [3.63, 3.8) is 0 Å². The smallest absolute Gasteiger partial charge is 0.0593 e. The highest BCUT2D eigenvalue weighted by atomic mass is 16.5. The lowest BCUT2D eigenvalue weighted by molar-refractivity contribution is 0.115. The first-order chi connectivity index (χ1) is 7.70. The van der Waals surface area contributed by atoms with Gasteiger partial charge in [-0.25, -0.2) is 0 Å². The summed E-state index contributed by atoms with van der Waals surface area (Å²) in [5.74, 6) is 0.750. The van der Waals surface area contributed by atoms with Crippen molar-refractivity contribution in [2.45, 2.75) is 34.1 Å². The Kier molecular flexibility index (Phi) is 11.3. The van der Waals surface area contributed by atoms with Gasteiger partial charge in [0.15, 0.2) is 0 Å². The van der Waals surface area contributed by atoms with Crippen LogP contribution < -0.4 is 5.32 Å². The molecule has 0 aliphatic heterocycles. The molecule has 0 aromatic carbocycles. The molecular formula is C13H30N2O. The fourth-order valence-corrected chi connectivity index (χ4v) is 1.58. The van der Waals surface area contributed by atoms with Crippen molar-refractivity contribution in [2.24, 2.45) is 5.92 Å². The maximum Gasteiger partial charge on any atom is 0.0593 e.